The number of nitrogens with one attached hydrogen (secondary N) is 1. The fourth-order valence-corrected chi connectivity index (χ4v) is 1.46. The largest absolute Gasteiger partial charge is 0.385 e. The zero-order chi connectivity index (χ0) is 10.1. The molecule has 0 radical (unpaired) electrons. The fourth-order valence-electron chi connectivity index (χ4n) is 1.09. The molecule has 1 N–H and O–H groups in total. The zero-order valence-electron chi connectivity index (χ0n) is 8.98. The first-order chi connectivity index (χ1) is 6.20. The molecule has 2 unspecified atom stereocenters. The first-order valence-electron chi connectivity index (χ1n) is 4.99. The average Bonchev–Trinajstić information content (AvgIpc) is 2.12. The number of rotatable bonds is 8. The van der Waals surface area contributed by atoms with Crippen molar-refractivity contribution in [1.29, 1.82) is 0 Å². The predicted molar refractivity (Wildman–Crippen MR) is 58.5 cm³/mol. The Morgan fingerprint density at radius 2 is 2.00 bits per heavy atom. The van der Waals surface area contributed by atoms with Gasteiger partial charge in [0.2, 0.25) is 0 Å². The normalized spacial score (nSPS) is 15.7. The van der Waals surface area contributed by atoms with Crippen molar-refractivity contribution in [1.82, 2.24) is 5.32 Å². The number of halogens is 1. The highest BCUT2D eigenvalue weighted by Crippen LogP contribution is 2.02. The van der Waals surface area contributed by atoms with Crippen molar-refractivity contribution in [2.45, 2.75) is 32.7 Å². The van der Waals surface area contributed by atoms with E-state index in [-0.39, 0.29) is 0 Å². The maximum Gasteiger partial charge on any atom is 0.0476 e. The summed E-state index contributed by atoms with van der Waals surface area (Å²) in [6.07, 6.45) is 2.16. The molecule has 0 aliphatic heterocycles. The molecule has 0 aliphatic carbocycles. The average molecular weight is 208 g/mol. The van der Waals surface area contributed by atoms with Crippen LogP contribution in [0.2, 0.25) is 0 Å². The third-order valence-electron chi connectivity index (χ3n) is 2.17. The molecule has 0 saturated carbocycles. The molecule has 0 aromatic rings. The van der Waals surface area contributed by atoms with Gasteiger partial charge in [-0.2, -0.15) is 0 Å². The SMILES string of the molecule is COCCC(C)NCC(C)CCCl. The van der Waals surface area contributed by atoms with E-state index in [1.54, 1.807) is 7.11 Å². The quantitative estimate of drug-likeness (QED) is 0.617. The van der Waals surface area contributed by atoms with Crippen molar-refractivity contribution in [3.05, 3.63) is 0 Å². The molecule has 0 heterocycles. The summed E-state index contributed by atoms with van der Waals surface area (Å²) < 4.78 is 5.01. The van der Waals surface area contributed by atoms with Gasteiger partial charge in [-0.05, 0) is 32.2 Å². The van der Waals surface area contributed by atoms with Gasteiger partial charge >= 0.3 is 0 Å². The zero-order valence-corrected chi connectivity index (χ0v) is 9.73. The summed E-state index contributed by atoms with van der Waals surface area (Å²) in [5, 5.41) is 3.46. The van der Waals surface area contributed by atoms with Crippen LogP contribution in [0.5, 0.6) is 0 Å². The van der Waals surface area contributed by atoms with Gasteiger partial charge in [-0.25, -0.2) is 0 Å². The standard InChI is InChI=1S/C10H22ClNO/c1-9(4-6-11)8-12-10(2)5-7-13-3/h9-10,12H,4-8H2,1-3H3. The predicted octanol–water partition coefficient (Wildman–Crippen LogP) is 2.27. The highest BCUT2D eigenvalue weighted by Gasteiger charge is 2.04. The van der Waals surface area contributed by atoms with Crippen LogP contribution in [-0.2, 0) is 4.74 Å². The van der Waals surface area contributed by atoms with E-state index in [4.69, 9.17) is 16.3 Å². The molecule has 2 nitrogen and oxygen atoms in total. The maximum atomic E-state index is 5.65. The van der Waals surface area contributed by atoms with Gasteiger partial charge in [0.05, 0.1) is 0 Å². The fraction of sp³-hybridized carbons (Fsp3) is 1.00. The van der Waals surface area contributed by atoms with E-state index in [2.05, 4.69) is 19.2 Å². The summed E-state index contributed by atoms with van der Waals surface area (Å²) in [5.41, 5.74) is 0. The highest BCUT2D eigenvalue weighted by molar-refractivity contribution is 6.17. The van der Waals surface area contributed by atoms with Crippen molar-refractivity contribution < 1.29 is 4.74 Å². The van der Waals surface area contributed by atoms with Crippen molar-refractivity contribution in [3.63, 3.8) is 0 Å². The molecule has 2 atom stereocenters. The molecule has 0 aliphatic rings. The number of alkyl halides is 1. The Hall–Kier alpha value is 0.210. The Morgan fingerprint density at radius 1 is 1.31 bits per heavy atom. The molecule has 13 heavy (non-hydrogen) atoms. The van der Waals surface area contributed by atoms with Crippen molar-refractivity contribution >= 4 is 11.6 Å². The van der Waals surface area contributed by atoms with E-state index in [0.29, 0.717) is 12.0 Å². The van der Waals surface area contributed by atoms with Crippen molar-refractivity contribution in [2.75, 3.05) is 26.1 Å². The van der Waals surface area contributed by atoms with Crippen LogP contribution in [0, 0.1) is 5.92 Å². The molecule has 0 rings (SSSR count). The van der Waals surface area contributed by atoms with Crippen LogP contribution in [0.1, 0.15) is 26.7 Å². The highest BCUT2D eigenvalue weighted by atomic mass is 35.5. The molecule has 0 amide bonds. The Morgan fingerprint density at radius 3 is 2.54 bits per heavy atom. The van der Waals surface area contributed by atoms with Gasteiger partial charge in [-0.3, -0.25) is 0 Å². The van der Waals surface area contributed by atoms with Crippen LogP contribution in [0.4, 0.5) is 0 Å². The second-order valence-electron chi connectivity index (χ2n) is 3.67. The number of methoxy groups -OCH3 is 1. The molecule has 80 valence electrons. The van der Waals surface area contributed by atoms with Crippen molar-refractivity contribution in [3.8, 4) is 0 Å². The molecule has 0 saturated heterocycles. The first-order valence-corrected chi connectivity index (χ1v) is 5.52. The third kappa shape index (κ3) is 8.54. The van der Waals surface area contributed by atoms with E-state index in [9.17, 15) is 0 Å². The molecular weight excluding hydrogens is 186 g/mol. The van der Waals surface area contributed by atoms with Crippen LogP contribution in [0.15, 0.2) is 0 Å². The van der Waals surface area contributed by atoms with Crippen LogP contribution < -0.4 is 5.32 Å². The lowest BCUT2D eigenvalue weighted by Gasteiger charge is -2.16. The van der Waals surface area contributed by atoms with E-state index in [0.717, 1.165) is 31.9 Å². The molecular formula is C10H22ClNO. The number of hydrogen-bond donors (Lipinski definition) is 1. The molecule has 3 heteroatoms. The van der Waals surface area contributed by atoms with Gasteiger partial charge in [0.15, 0.2) is 0 Å². The van der Waals surface area contributed by atoms with Crippen LogP contribution in [0.3, 0.4) is 0 Å². The summed E-state index contributed by atoms with van der Waals surface area (Å²) in [7, 11) is 1.74. The summed E-state index contributed by atoms with van der Waals surface area (Å²) in [4.78, 5) is 0. The van der Waals surface area contributed by atoms with E-state index >= 15 is 0 Å². The Balaban J connectivity index is 3.29. The number of ether oxygens (including phenoxy) is 1. The van der Waals surface area contributed by atoms with Gasteiger partial charge in [-0.1, -0.05) is 6.92 Å². The Labute approximate surface area is 87.0 Å². The minimum absolute atomic E-state index is 0.540. The van der Waals surface area contributed by atoms with Gasteiger partial charge in [0.1, 0.15) is 0 Å². The molecule has 0 fully saturated rings. The Bertz CT molecular complexity index is 111. The van der Waals surface area contributed by atoms with Gasteiger partial charge in [0.25, 0.3) is 0 Å². The maximum absolute atomic E-state index is 5.65. The Kier molecular flexibility index (Phi) is 8.93. The lowest BCUT2D eigenvalue weighted by molar-refractivity contribution is 0.184. The monoisotopic (exact) mass is 207 g/mol. The summed E-state index contributed by atoms with van der Waals surface area (Å²) in [6.45, 7) is 6.29. The van der Waals surface area contributed by atoms with E-state index in [1.807, 2.05) is 0 Å². The summed E-state index contributed by atoms with van der Waals surface area (Å²) >= 11 is 5.65. The lowest BCUT2D eigenvalue weighted by atomic mass is 10.1. The topological polar surface area (TPSA) is 21.3 Å². The van der Waals surface area contributed by atoms with Gasteiger partial charge in [-0.15, -0.1) is 11.6 Å². The summed E-state index contributed by atoms with van der Waals surface area (Å²) in [5.74, 6) is 1.43. The van der Waals surface area contributed by atoms with Crippen molar-refractivity contribution in [2.24, 2.45) is 5.92 Å². The molecule has 0 aromatic heterocycles. The van der Waals surface area contributed by atoms with E-state index in [1.165, 1.54) is 0 Å². The summed E-state index contributed by atoms with van der Waals surface area (Å²) in [6, 6.07) is 0.540. The number of hydrogen-bond acceptors (Lipinski definition) is 2. The van der Waals surface area contributed by atoms with Crippen LogP contribution in [0.25, 0.3) is 0 Å². The first kappa shape index (κ1) is 13.2. The molecule has 0 bridgehead atoms. The van der Waals surface area contributed by atoms with Crippen LogP contribution >= 0.6 is 11.6 Å². The van der Waals surface area contributed by atoms with Crippen LogP contribution in [-0.4, -0.2) is 32.2 Å². The second-order valence-corrected chi connectivity index (χ2v) is 4.05. The van der Waals surface area contributed by atoms with E-state index < -0.39 is 0 Å². The smallest absolute Gasteiger partial charge is 0.0476 e. The third-order valence-corrected chi connectivity index (χ3v) is 2.39. The lowest BCUT2D eigenvalue weighted by Crippen LogP contribution is -2.31. The second kappa shape index (κ2) is 8.79. The molecule has 0 spiro atoms. The molecule has 0 aromatic carbocycles. The van der Waals surface area contributed by atoms with Gasteiger partial charge < -0.3 is 10.1 Å². The van der Waals surface area contributed by atoms with Gasteiger partial charge in [0, 0.05) is 25.6 Å². The minimum atomic E-state index is 0.540. The minimum Gasteiger partial charge on any atom is -0.385 e.